The van der Waals surface area contributed by atoms with E-state index < -0.39 is 0 Å². The number of benzene rings is 1. The number of rotatable bonds is 0. The van der Waals surface area contributed by atoms with Gasteiger partial charge in [-0.05, 0) is 29.1 Å². The highest BCUT2D eigenvalue weighted by atomic mass is 32.1. The summed E-state index contributed by atoms with van der Waals surface area (Å²) in [6.45, 7) is 0. The van der Waals surface area contributed by atoms with Crippen molar-refractivity contribution in [2.75, 3.05) is 5.73 Å². The molecule has 0 spiro atoms. The zero-order valence-electron chi connectivity index (χ0n) is 7.45. The molecule has 1 unspecified atom stereocenters. The van der Waals surface area contributed by atoms with E-state index in [9.17, 15) is 0 Å². The van der Waals surface area contributed by atoms with E-state index in [0.29, 0.717) is 0 Å². The largest absolute Gasteiger partial charge is 0.399 e. The quantitative estimate of drug-likeness (QED) is 0.664. The summed E-state index contributed by atoms with van der Waals surface area (Å²) in [4.78, 5) is 1.36. The van der Waals surface area contributed by atoms with Gasteiger partial charge in [0.2, 0.25) is 0 Å². The third-order valence-corrected chi connectivity index (χ3v) is 3.93. The van der Waals surface area contributed by atoms with Crippen LogP contribution in [0.1, 0.15) is 16.4 Å². The summed E-state index contributed by atoms with van der Waals surface area (Å²) >= 11 is 1.79. The van der Waals surface area contributed by atoms with Crippen molar-refractivity contribution in [3.63, 3.8) is 0 Å². The molecule has 14 heavy (non-hydrogen) atoms. The number of nitrogens with zero attached hydrogens (tertiary/aromatic N) is 1. The van der Waals surface area contributed by atoms with Gasteiger partial charge in [0.1, 0.15) is 0 Å². The highest BCUT2D eigenvalue weighted by molar-refractivity contribution is 7.19. The molecule has 68 valence electrons. The molecular weight excluding hydrogens is 192 g/mol. The standard InChI is InChI=1S/C11H8N2S/c12-5-6-3-10-11(6)8-4-7(13)1-2-9(8)14-10/h1-2,4,6H,3,13H2. The van der Waals surface area contributed by atoms with Crippen LogP contribution in [0.3, 0.4) is 0 Å². The lowest BCUT2D eigenvalue weighted by atomic mass is 9.83. The van der Waals surface area contributed by atoms with E-state index in [1.165, 1.54) is 20.5 Å². The van der Waals surface area contributed by atoms with Gasteiger partial charge in [-0.1, -0.05) is 0 Å². The summed E-state index contributed by atoms with van der Waals surface area (Å²) in [6, 6.07) is 8.26. The normalized spacial score (nSPS) is 18.6. The first-order valence-electron chi connectivity index (χ1n) is 4.50. The van der Waals surface area contributed by atoms with Gasteiger partial charge in [-0.3, -0.25) is 0 Å². The Morgan fingerprint density at radius 1 is 1.50 bits per heavy atom. The van der Waals surface area contributed by atoms with Crippen molar-refractivity contribution < 1.29 is 0 Å². The molecule has 3 rings (SSSR count). The molecule has 3 heteroatoms. The molecule has 0 saturated carbocycles. The van der Waals surface area contributed by atoms with Crippen LogP contribution in [0.25, 0.3) is 10.1 Å². The minimum absolute atomic E-state index is 0.0977. The Labute approximate surface area is 85.6 Å². The monoisotopic (exact) mass is 200 g/mol. The Morgan fingerprint density at radius 2 is 2.36 bits per heavy atom. The van der Waals surface area contributed by atoms with Crippen molar-refractivity contribution in [2.24, 2.45) is 0 Å². The molecule has 2 N–H and O–H groups in total. The number of hydrogen-bond donors (Lipinski definition) is 1. The Morgan fingerprint density at radius 3 is 3.14 bits per heavy atom. The summed E-state index contributed by atoms with van der Waals surface area (Å²) in [5, 5.41) is 10.1. The van der Waals surface area contributed by atoms with E-state index in [1.54, 1.807) is 11.3 Å². The highest BCUT2D eigenvalue weighted by Crippen LogP contribution is 2.46. The number of fused-ring (bicyclic) bond motifs is 3. The summed E-state index contributed by atoms with van der Waals surface area (Å²) in [5.74, 6) is 0.0977. The second kappa shape index (κ2) is 2.49. The van der Waals surface area contributed by atoms with Gasteiger partial charge in [-0.25, -0.2) is 0 Å². The zero-order valence-corrected chi connectivity index (χ0v) is 8.27. The third kappa shape index (κ3) is 0.838. The average Bonchev–Trinajstić information content (AvgIpc) is 2.39. The molecule has 1 aliphatic carbocycles. The number of nitrogens with two attached hydrogens (primary N) is 1. The van der Waals surface area contributed by atoms with E-state index in [-0.39, 0.29) is 5.92 Å². The predicted octanol–water partition coefficient (Wildman–Crippen LogP) is 2.65. The van der Waals surface area contributed by atoms with E-state index in [2.05, 4.69) is 6.07 Å². The summed E-state index contributed by atoms with van der Waals surface area (Å²) in [5.41, 5.74) is 7.74. The maximum Gasteiger partial charge on any atom is 0.0777 e. The number of anilines is 1. The molecule has 0 saturated heterocycles. The first-order chi connectivity index (χ1) is 6.79. The van der Waals surface area contributed by atoms with Gasteiger partial charge in [0, 0.05) is 21.7 Å². The maximum atomic E-state index is 8.90. The van der Waals surface area contributed by atoms with Crippen LogP contribution < -0.4 is 5.73 Å². The van der Waals surface area contributed by atoms with Crippen molar-refractivity contribution in [3.8, 4) is 6.07 Å². The van der Waals surface area contributed by atoms with Gasteiger partial charge in [0.25, 0.3) is 0 Å². The van der Waals surface area contributed by atoms with Crippen molar-refractivity contribution in [2.45, 2.75) is 12.3 Å². The summed E-state index contributed by atoms with van der Waals surface area (Å²) in [7, 11) is 0. The molecule has 0 aliphatic heterocycles. The fraction of sp³-hybridized carbons (Fsp3) is 0.182. The minimum atomic E-state index is 0.0977. The molecule has 1 atom stereocenters. The van der Waals surface area contributed by atoms with Crippen molar-refractivity contribution >= 4 is 27.1 Å². The van der Waals surface area contributed by atoms with Crippen LogP contribution in [-0.2, 0) is 6.42 Å². The molecule has 2 nitrogen and oxygen atoms in total. The Bertz CT molecular complexity index is 562. The molecule has 0 amide bonds. The van der Waals surface area contributed by atoms with Crippen LogP contribution in [0.5, 0.6) is 0 Å². The fourth-order valence-corrected chi connectivity index (χ4v) is 3.28. The third-order valence-electron chi connectivity index (χ3n) is 2.72. The van der Waals surface area contributed by atoms with E-state index in [1.807, 2.05) is 18.2 Å². The van der Waals surface area contributed by atoms with Crippen LogP contribution in [0.4, 0.5) is 5.69 Å². The number of nitrogen functional groups attached to an aromatic ring is 1. The van der Waals surface area contributed by atoms with Crippen LogP contribution in [0.2, 0.25) is 0 Å². The van der Waals surface area contributed by atoms with Gasteiger partial charge >= 0.3 is 0 Å². The Hall–Kier alpha value is -1.53. The maximum absolute atomic E-state index is 8.90. The van der Waals surface area contributed by atoms with Gasteiger partial charge < -0.3 is 5.73 Å². The van der Waals surface area contributed by atoms with Crippen molar-refractivity contribution in [1.29, 1.82) is 5.26 Å². The van der Waals surface area contributed by atoms with Crippen LogP contribution in [-0.4, -0.2) is 0 Å². The lowest BCUT2D eigenvalue weighted by Gasteiger charge is -2.19. The highest BCUT2D eigenvalue weighted by Gasteiger charge is 2.30. The lowest BCUT2D eigenvalue weighted by Crippen LogP contribution is -2.11. The first kappa shape index (κ1) is 7.84. The topological polar surface area (TPSA) is 49.8 Å². The fourth-order valence-electron chi connectivity index (χ4n) is 1.99. The Balaban J connectivity index is 2.35. The van der Waals surface area contributed by atoms with Crippen molar-refractivity contribution in [1.82, 2.24) is 0 Å². The van der Waals surface area contributed by atoms with Gasteiger partial charge in [0.05, 0.1) is 12.0 Å². The van der Waals surface area contributed by atoms with Crippen LogP contribution >= 0.6 is 11.3 Å². The van der Waals surface area contributed by atoms with E-state index in [4.69, 9.17) is 11.0 Å². The summed E-state index contributed by atoms with van der Waals surface area (Å²) < 4.78 is 1.25. The van der Waals surface area contributed by atoms with Gasteiger partial charge in [-0.2, -0.15) is 5.26 Å². The van der Waals surface area contributed by atoms with Crippen LogP contribution in [0.15, 0.2) is 18.2 Å². The second-order valence-electron chi connectivity index (χ2n) is 3.58. The molecule has 1 heterocycles. The predicted molar refractivity (Wildman–Crippen MR) is 58.3 cm³/mol. The first-order valence-corrected chi connectivity index (χ1v) is 5.31. The summed E-state index contributed by atoms with van der Waals surface area (Å²) in [6.07, 6.45) is 0.922. The molecular formula is C11H8N2S. The molecule has 2 aromatic rings. The smallest absolute Gasteiger partial charge is 0.0777 e. The SMILES string of the molecule is N#CC1Cc2sc3ccc(N)cc3c21. The molecule has 1 aromatic carbocycles. The number of nitriles is 1. The number of hydrogen-bond acceptors (Lipinski definition) is 3. The van der Waals surface area contributed by atoms with E-state index >= 15 is 0 Å². The van der Waals surface area contributed by atoms with Crippen LogP contribution in [0, 0.1) is 11.3 Å². The van der Waals surface area contributed by atoms with Gasteiger partial charge in [-0.15, -0.1) is 11.3 Å². The lowest BCUT2D eigenvalue weighted by molar-refractivity contribution is 0.777. The zero-order chi connectivity index (χ0) is 9.71. The molecule has 0 fully saturated rings. The second-order valence-corrected chi connectivity index (χ2v) is 4.72. The minimum Gasteiger partial charge on any atom is -0.399 e. The molecule has 0 bridgehead atoms. The molecule has 1 aliphatic rings. The van der Waals surface area contributed by atoms with Gasteiger partial charge in [0.15, 0.2) is 0 Å². The van der Waals surface area contributed by atoms with E-state index in [0.717, 1.165) is 12.1 Å². The van der Waals surface area contributed by atoms with Crippen molar-refractivity contribution in [3.05, 3.63) is 28.6 Å². The number of thiophene rings is 1. The molecule has 0 radical (unpaired) electrons. The Kier molecular flexibility index (Phi) is 1.39. The average molecular weight is 200 g/mol. The molecule has 1 aromatic heterocycles.